The number of nitrogens with zero attached hydrogens (tertiary/aromatic N) is 1. The second kappa shape index (κ2) is 6.71. The highest BCUT2D eigenvalue weighted by Gasteiger charge is 2.33. The number of hydrogen-bond acceptors (Lipinski definition) is 3. The van der Waals surface area contributed by atoms with Crippen molar-refractivity contribution in [3.05, 3.63) is 0 Å². The molecule has 2 fully saturated rings. The molecule has 1 aliphatic carbocycles. The van der Waals surface area contributed by atoms with Crippen molar-refractivity contribution >= 4 is 5.91 Å². The molecular formula is C15H28N2O2. The lowest BCUT2D eigenvalue weighted by molar-refractivity contribution is -0.149. The molecule has 4 atom stereocenters. The van der Waals surface area contributed by atoms with Gasteiger partial charge in [-0.3, -0.25) is 4.79 Å². The molecule has 4 nitrogen and oxygen atoms in total. The van der Waals surface area contributed by atoms with E-state index < -0.39 is 0 Å². The third kappa shape index (κ3) is 3.93. The predicted octanol–water partition coefficient (Wildman–Crippen LogP) is 1.78. The van der Waals surface area contributed by atoms with Crippen LogP contribution in [0.25, 0.3) is 0 Å². The molecule has 1 saturated carbocycles. The van der Waals surface area contributed by atoms with E-state index in [0.29, 0.717) is 11.8 Å². The summed E-state index contributed by atoms with van der Waals surface area (Å²) in [6.45, 7) is 6.35. The zero-order valence-corrected chi connectivity index (χ0v) is 12.3. The molecule has 0 aromatic rings. The Morgan fingerprint density at radius 2 is 1.95 bits per heavy atom. The Bertz CT molecular complexity index is 297. The normalized spacial score (nSPS) is 36.3. The molecule has 1 saturated heterocycles. The average molecular weight is 268 g/mol. The van der Waals surface area contributed by atoms with Crippen molar-refractivity contribution in [2.45, 2.75) is 58.2 Å². The monoisotopic (exact) mass is 268 g/mol. The molecule has 19 heavy (non-hydrogen) atoms. The van der Waals surface area contributed by atoms with Crippen LogP contribution < -0.4 is 5.73 Å². The third-order valence-corrected chi connectivity index (χ3v) is 4.44. The molecule has 2 rings (SSSR count). The molecule has 0 radical (unpaired) electrons. The maximum atomic E-state index is 12.6. The van der Waals surface area contributed by atoms with Crippen LogP contribution in [0.5, 0.6) is 0 Å². The van der Waals surface area contributed by atoms with Crippen molar-refractivity contribution in [2.75, 3.05) is 19.6 Å². The maximum Gasteiger partial charge on any atom is 0.225 e. The highest BCUT2D eigenvalue weighted by atomic mass is 16.5. The fraction of sp³-hybridized carbons (Fsp3) is 0.933. The quantitative estimate of drug-likeness (QED) is 0.849. The van der Waals surface area contributed by atoms with E-state index in [2.05, 4.69) is 0 Å². The van der Waals surface area contributed by atoms with Crippen molar-refractivity contribution in [3.63, 3.8) is 0 Å². The molecule has 4 unspecified atom stereocenters. The Balaban J connectivity index is 1.91. The van der Waals surface area contributed by atoms with E-state index in [9.17, 15) is 4.79 Å². The number of morpholine rings is 1. The van der Waals surface area contributed by atoms with Gasteiger partial charge in [0.2, 0.25) is 5.91 Å². The molecular weight excluding hydrogens is 240 g/mol. The van der Waals surface area contributed by atoms with E-state index in [-0.39, 0.29) is 18.1 Å². The molecule has 2 N–H and O–H groups in total. The molecule has 110 valence electrons. The highest BCUT2D eigenvalue weighted by molar-refractivity contribution is 5.79. The standard InChI is InChI=1S/C15H28N2O2/c1-11-9-17(10-12(2)19-11)15(18)14-5-3-4-13(8-14)6-7-16/h11-14H,3-10,16H2,1-2H3. The van der Waals surface area contributed by atoms with Crippen LogP contribution in [0.3, 0.4) is 0 Å². The Kier molecular flexibility index (Phi) is 5.22. The summed E-state index contributed by atoms with van der Waals surface area (Å²) in [5, 5.41) is 0. The fourth-order valence-electron chi connectivity index (χ4n) is 3.63. The van der Waals surface area contributed by atoms with E-state index in [1.807, 2.05) is 18.7 Å². The van der Waals surface area contributed by atoms with Crippen LogP contribution in [-0.4, -0.2) is 42.6 Å². The summed E-state index contributed by atoms with van der Waals surface area (Å²) in [4.78, 5) is 14.7. The minimum atomic E-state index is 0.163. The largest absolute Gasteiger partial charge is 0.372 e. The molecule has 0 spiro atoms. The summed E-state index contributed by atoms with van der Waals surface area (Å²) in [5.41, 5.74) is 5.65. The molecule has 1 amide bonds. The number of carbonyl (C=O) groups is 1. The molecule has 0 bridgehead atoms. The molecule has 1 aliphatic heterocycles. The van der Waals surface area contributed by atoms with Gasteiger partial charge in [0, 0.05) is 19.0 Å². The van der Waals surface area contributed by atoms with Crippen LogP contribution in [0.2, 0.25) is 0 Å². The number of nitrogens with two attached hydrogens (primary N) is 1. The van der Waals surface area contributed by atoms with Crippen molar-refractivity contribution in [1.82, 2.24) is 4.90 Å². The van der Waals surface area contributed by atoms with Crippen molar-refractivity contribution in [3.8, 4) is 0 Å². The number of carbonyl (C=O) groups excluding carboxylic acids is 1. The average Bonchev–Trinajstić information content (AvgIpc) is 2.37. The second-order valence-corrected chi connectivity index (χ2v) is 6.31. The topological polar surface area (TPSA) is 55.6 Å². The first kappa shape index (κ1) is 14.8. The first-order valence-electron chi connectivity index (χ1n) is 7.74. The molecule has 4 heteroatoms. The summed E-state index contributed by atoms with van der Waals surface area (Å²) < 4.78 is 5.70. The van der Waals surface area contributed by atoms with Gasteiger partial charge >= 0.3 is 0 Å². The van der Waals surface area contributed by atoms with Gasteiger partial charge in [0.25, 0.3) is 0 Å². The van der Waals surface area contributed by atoms with E-state index >= 15 is 0 Å². The maximum absolute atomic E-state index is 12.6. The van der Waals surface area contributed by atoms with Gasteiger partial charge in [-0.15, -0.1) is 0 Å². The Labute approximate surface area is 116 Å². The molecule has 1 heterocycles. The number of hydrogen-bond donors (Lipinski definition) is 1. The first-order chi connectivity index (χ1) is 9.10. The number of ether oxygens (including phenoxy) is 1. The van der Waals surface area contributed by atoms with Crippen molar-refractivity contribution in [2.24, 2.45) is 17.6 Å². The third-order valence-electron chi connectivity index (χ3n) is 4.44. The Hall–Kier alpha value is -0.610. The Morgan fingerprint density at radius 3 is 2.58 bits per heavy atom. The van der Waals surface area contributed by atoms with E-state index in [1.165, 1.54) is 12.8 Å². The van der Waals surface area contributed by atoms with Gasteiger partial charge in [-0.2, -0.15) is 0 Å². The van der Waals surface area contributed by atoms with Crippen molar-refractivity contribution < 1.29 is 9.53 Å². The smallest absolute Gasteiger partial charge is 0.225 e. The van der Waals surface area contributed by atoms with Gasteiger partial charge in [-0.05, 0) is 45.6 Å². The summed E-state index contributed by atoms with van der Waals surface area (Å²) >= 11 is 0. The van der Waals surface area contributed by atoms with E-state index in [1.54, 1.807) is 0 Å². The van der Waals surface area contributed by atoms with Gasteiger partial charge < -0.3 is 15.4 Å². The zero-order valence-electron chi connectivity index (χ0n) is 12.3. The van der Waals surface area contributed by atoms with Gasteiger partial charge in [-0.25, -0.2) is 0 Å². The van der Waals surface area contributed by atoms with E-state index in [4.69, 9.17) is 10.5 Å². The highest BCUT2D eigenvalue weighted by Crippen LogP contribution is 2.32. The molecule has 0 aromatic carbocycles. The predicted molar refractivity (Wildman–Crippen MR) is 75.7 cm³/mol. The lowest BCUT2D eigenvalue weighted by Gasteiger charge is -2.38. The minimum Gasteiger partial charge on any atom is -0.372 e. The van der Waals surface area contributed by atoms with Crippen LogP contribution in [0.1, 0.15) is 46.0 Å². The van der Waals surface area contributed by atoms with Gasteiger partial charge in [0.1, 0.15) is 0 Å². The Morgan fingerprint density at radius 1 is 1.26 bits per heavy atom. The van der Waals surface area contributed by atoms with Crippen LogP contribution in [0, 0.1) is 11.8 Å². The minimum absolute atomic E-state index is 0.163. The van der Waals surface area contributed by atoms with Gasteiger partial charge in [-0.1, -0.05) is 12.8 Å². The zero-order chi connectivity index (χ0) is 13.8. The lowest BCUT2D eigenvalue weighted by atomic mass is 9.79. The van der Waals surface area contributed by atoms with Crippen LogP contribution >= 0.6 is 0 Å². The fourth-order valence-corrected chi connectivity index (χ4v) is 3.63. The van der Waals surface area contributed by atoms with Crippen LogP contribution in [0.15, 0.2) is 0 Å². The van der Waals surface area contributed by atoms with Crippen LogP contribution in [-0.2, 0) is 9.53 Å². The van der Waals surface area contributed by atoms with E-state index in [0.717, 1.165) is 38.9 Å². The summed E-state index contributed by atoms with van der Waals surface area (Å²) in [6.07, 6.45) is 5.91. The summed E-state index contributed by atoms with van der Waals surface area (Å²) in [5.74, 6) is 1.23. The van der Waals surface area contributed by atoms with Gasteiger partial charge in [0.15, 0.2) is 0 Å². The number of amides is 1. The molecule has 2 aliphatic rings. The van der Waals surface area contributed by atoms with Crippen molar-refractivity contribution in [1.29, 1.82) is 0 Å². The number of rotatable bonds is 3. The first-order valence-corrected chi connectivity index (χ1v) is 7.74. The SMILES string of the molecule is CC1CN(C(=O)C2CCCC(CCN)C2)CC(C)O1. The summed E-state index contributed by atoms with van der Waals surface area (Å²) in [7, 11) is 0. The van der Waals surface area contributed by atoms with Gasteiger partial charge in [0.05, 0.1) is 12.2 Å². The lowest BCUT2D eigenvalue weighted by Crippen LogP contribution is -2.50. The van der Waals surface area contributed by atoms with Crippen LogP contribution in [0.4, 0.5) is 0 Å². The molecule has 0 aromatic heterocycles. The summed E-state index contributed by atoms with van der Waals surface area (Å²) in [6, 6.07) is 0. The second-order valence-electron chi connectivity index (χ2n) is 6.31.